The van der Waals surface area contributed by atoms with Crippen molar-refractivity contribution in [3.63, 3.8) is 0 Å². The van der Waals surface area contributed by atoms with Gasteiger partial charge in [-0.3, -0.25) is 0 Å². The second-order valence-corrected chi connectivity index (χ2v) is 6.17. The van der Waals surface area contributed by atoms with Crippen molar-refractivity contribution < 1.29 is 17.9 Å². The summed E-state index contributed by atoms with van der Waals surface area (Å²) < 4.78 is 45.5. The topological polar surface area (TPSA) is 35.0 Å². The molecule has 3 rings (SSSR count). The van der Waals surface area contributed by atoms with Gasteiger partial charge in [0.2, 0.25) is 5.88 Å². The van der Waals surface area contributed by atoms with Crippen LogP contribution >= 0.6 is 15.9 Å². The molecule has 0 amide bonds. The molecule has 0 aliphatic carbocycles. The smallest absolute Gasteiger partial charge is 0.416 e. The van der Waals surface area contributed by atoms with E-state index in [0.29, 0.717) is 27.0 Å². The number of aryl methyl sites for hydroxylation is 1. The van der Waals surface area contributed by atoms with E-state index in [9.17, 15) is 13.2 Å². The number of hydrogen-bond donors (Lipinski definition) is 0. The molecule has 7 heteroatoms. The highest BCUT2D eigenvalue weighted by Crippen LogP contribution is 2.37. The first-order chi connectivity index (χ1) is 11.8. The predicted octanol–water partition coefficient (Wildman–Crippen LogP) is 6.03. The Kier molecular flexibility index (Phi) is 4.76. The summed E-state index contributed by atoms with van der Waals surface area (Å²) in [5, 5.41) is 7.96. The number of para-hydroxylation sites is 1. The maximum Gasteiger partial charge on any atom is 0.416 e. The lowest BCUT2D eigenvalue weighted by molar-refractivity contribution is -0.137. The monoisotopic (exact) mass is 408 g/mol. The molecule has 0 fully saturated rings. The third kappa shape index (κ3) is 3.99. The van der Waals surface area contributed by atoms with Gasteiger partial charge in [-0.05, 0) is 58.7 Å². The van der Waals surface area contributed by atoms with E-state index in [0.717, 1.165) is 12.1 Å². The van der Waals surface area contributed by atoms with Crippen molar-refractivity contribution in [3.8, 4) is 22.8 Å². The quantitative estimate of drug-likeness (QED) is 0.530. The lowest BCUT2D eigenvalue weighted by atomic mass is 10.0. The lowest BCUT2D eigenvalue weighted by Crippen LogP contribution is -2.05. The van der Waals surface area contributed by atoms with Crippen molar-refractivity contribution in [3.05, 3.63) is 70.3 Å². The molecule has 0 saturated heterocycles. The van der Waals surface area contributed by atoms with Gasteiger partial charge in [0.15, 0.2) is 0 Å². The summed E-state index contributed by atoms with van der Waals surface area (Å²) in [7, 11) is 0. The number of benzene rings is 2. The Balaban J connectivity index is 2.08. The summed E-state index contributed by atoms with van der Waals surface area (Å²) in [4.78, 5) is 0. The fraction of sp³-hybridized carbons (Fsp3) is 0.111. The van der Waals surface area contributed by atoms with Crippen molar-refractivity contribution in [2.24, 2.45) is 0 Å². The van der Waals surface area contributed by atoms with Gasteiger partial charge < -0.3 is 4.74 Å². The van der Waals surface area contributed by atoms with Gasteiger partial charge in [0.25, 0.3) is 0 Å². The van der Waals surface area contributed by atoms with Crippen LogP contribution in [0.5, 0.6) is 11.6 Å². The zero-order chi connectivity index (χ0) is 18.0. The van der Waals surface area contributed by atoms with Crippen LogP contribution in [0.4, 0.5) is 13.2 Å². The minimum atomic E-state index is -4.42. The molecular weight excluding hydrogens is 397 g/mol. The zero-order valence-corrected chi connectivity index (χ0v) is 14.6. The Morgan fingerprint density at radius 1 is 0.960 bits per heavy atom. The van der Waals surface area contributed by atoms with Gasteiger partial charge in [-0.15, -0.1) is 5.10 Å². The van der Waals surface area contributed by atoms with Crippen LogP contribution in [0, 0.1) is 6.92 Å². The summed E-state index contributed by atoms with van der Waals surface area (Å²) in [5.74, 6) is 0.630. The number of ether oxygens (including phenoxy) is 1. The molecule has 0 atom stereocenters. The fourth-order valence-electron chi connectivity index (χ4n) is 2.25. The molecule has 0 aliphatic heterocycles. The van der Waals surface area contributed by atoms with Gasteiger partial charge in [-0.1, -0.05) is 24.3 Å². The van der Waals surface area contributed by atoms with Crippen LogP contribution in [0.15, 0.2) is 59.1 Å². The first-order valence-electron chi connectivity index (χ1n) is 7.29. The Morgan fingerprint density at radius 3 is 2.44 bits per heavy atom. The van der Waals surface area contributed by atoms with Gasteiger partial charge >= 0.3 is 6.18 Å². The highest BCUT2D eigenvalue weighted by atomic mass is 79.9. The molecular formula is C18H12BrF3N2O. The molecule has 25 heavy (non-hydrogen) atoms. The van der Waals surface area contributed by atoms with E-state index in [1.807, 2.05) is 6.07 Å². The molecule has 1 aromatic heterocycles. The SMILES string of the molecule is Cc1cc(-c2cccc(C(F)(F)F)c2)c(Oc2ccccc2Br)nn1. The van der Waals surface area contributed by atoms with E-state index in [2.05, 4.69) is 26.1 Å². The highest BCUT2D eigenvalue weighted by Gasteiger charge is 2.30. The van der Waals surface area contributed by atoms with E-state index in [1.54, 1.807) is 37.3 Å². The molecule has 0 aliphatic rings. The van der Waals surface area contributed by atoms with Crippen LogP contribution in [-0.4, -0.2) is 10.2 Å². The van der Waals surface area contributed by atoms with Crippen LogP contribution in [0.3, 0.4) is 0 Å². The van der Waals surface area contributed by atoms with Crippen molar-refractivity contribution >= 4 is 15.9 Å². The van der Waals surface area contributed by atoms with Gasteiger partial charge in [0, 0.05) is 5.56 Å². The summed E-state index contributed by atoms with van der Waals surface area (Å²) in [6.45, 7) is 1.71. The van der Waals surface area contributed by atoms with Crippen LogP contribution < -0.4 is 4.74 Å². The molecule has 0 bridgehead atoms. The van der Waals surface area contributed by atoms with Gasteiger partial charge in [-0.25, -0.2) is 0 Å². The van der Waals surface area contributed by atoms with Gasteiger partial charge in [0.05, 0.1) is 15.7 Å². The van der Waals surface area contributed by atoms with Gasteiger partial charge in [-0.2, -0.15) is 18.3 Å². The van der Waals surface area contributed by atoms with E-state index < -0.39 is 11.7 Å². The third-order valence-electron chi connectivity index (χ3n) is 3.43. The minimum absolute atomic E-state index is 0.136. The van der Waals surface area contributed by atoms with Crippen molar-refractivity contribution in [2.75, 3.05) is 0 Å². The normalized spacial score (nSPS) is 11.4. The minimum Gasteiger partial charge on any atom is -0.436 e. The molecule has 3 nitrogen and oxygen atoms in total. The predicted molar refractivity (Wildman–Crippen MR) is 91.4 cm³/mol. The maximum atomic E-state index is 13.0. The second-order valence-electron chi connectivity index (χ2n) is 5.32. The van der Waals surface area contributed by atoms with Crippen LogP contribution in [0.2, 0.25) is 0 Å². The zero-order valence-electron chi connectivity index (χ0n) is 13.0. The maximum absolute atomic E-state index is 13.0. The van der Waals surface area contributed by atoms with E-state index in [-0.39, 0.29) is 5.88 Å². The van der Waals surface area contributed by atoms with Crippen LogP contribution in [0.25, 0.3) is 11.1 Å². The number of hydrogen-bond acceptors (Lipinski definition) is 3. The van der Waals surface area contributed by atoms with Crippen molar-refractivity contribution in [1.82, 2.24) is 10.2 Å². The number of alkyl halides is 3. The Bertz CT molecular complexity index is 913. The molecule has 0 N–H and O–H groups in total. The van der Waals surface area contributed by atoms with Crippen LogP contribution in [0.1, 0.15) is 11.3 Å². The van der Waals surface area contributed by atoms with E-state index in [1.165, 1.54) is 6.07 Å². The van der Waals surface area contributed by atoms with E-state index >= 15 is 0 Å². The molecule has 128 valence electrons. The first-order valence-corrected chi connectivity index (χ1v) is 8.08. The van der Waals surface area contributed by atoms with Crippen molar-refractivity contribution in [2.45, 2.75) is 13.1 Å². The number of rotatable bonds is 3. The average Bonchev–Trinajstić information content (AvgIpc) is 2.58. The summed E-state index contributed by atoms with van der Waals surface area (Å²) in [6, 6.07) is 13.8. The molecule has 0 spiro atoms. The molecule has 1 heterocycles. The number of nitrogens with zero attached hydrogens (tertiary/aromatic N) is 2. The standard InChI is InChI=1S/C18H12BrF3N2O/c1-11-9-14(12-5-4-6-13(10-12)18(20,21)22)17(24-23-11)25-16-8-3-2-7-15(16)19/h2-10H,1H3. The van der Waals surface area contributed by atoms with Crippen molar-refractivity contribution in [1.29, 1.82) is 0 Å². The molecule has 0 saturated carbocycles. The number of halogens is 4. The Labute approximate surface area is 150 Å². The molecule has 2 aromatic carbocycles. The average molecular weight is 409 g/mol. The van der Waals surface area contributed by atoms with E-state index in [4.69, 9.17) is 4.74 Å². The van der Waals surface area contributed by atoms with Gasteiger partial charge in [0.1, 0.15) is 5.75 Å². The summed E-state index contributed by atoms with van der Waals surface area (Å²) in [6.07, 6.45) is -4.42. The molecule has 0 radical (unpaired) electrons. The molecule has 3 aromatic rings. The first kappa shape index (κ1) is 17.4. The lowest BCUT2D eigenvalue weighted by Gasteiger charge is -2.13. The largest absolute Gasteiger partial charge is 0.436 e. The third-order valence-corrected chi connectivity index (χ3v) is 4.08. The summed E-state index contributed by atoms with van der Waals surface area (Å²) in [5.41, 5.74) is 0.641. The van der Waals surface area contributed by atoms with Crippen LogP contribution in [-0.2, 0) is 6.18 Å². The number of aromatic nitrogens is 2. The summed E-state index contributed by atoms with van der Waals surface area (Å²) >= 11 is 3.36. The fourth-order valence-corrected chi connectivity index (χ4v) is 2.62. The second kappa shape index (κ2) is 6.84. The highest BCUT2D eigenvalue weighted by molar-refractivity contribution is 9.10. The Morgan fingerprint density at radius 2 is 1.72 bits per heavy atom. The Hall–Kier alpha value is -2.41. The molecule has 0 unspecified atom stereocenters.